The first kappa shape index (κ1) is 21.9. The number of aromatic hydroxyl groups is 2. The van der Waals surface area contributed by atoms with Crippen molar-refractivity contribution in [1.29, 1.82) is 0 Å². The molecule has 1 aromatic heterocycles. The van der Waals surface area contributed by atoms with Crippen LogP contribution in [0.25, 0.3) is 0 Å². The Balaban J connectivity index is 2.52. The second-order valence-corrected chi connectivity index (χ2v) is 6.65. The molecule has 6 nitrogen and oxygen atoms in total. The summed E-state index contributed by atoms with van der Waals surface area (Å²) in [6.07, 6.45) is 10.9. The summed E-state index contributed by atoms with van der Waals surface area (Å²) < 4.78 is 4.64. The van der Waals surface area contributed by atoms with Crippen LogP contribution in [0.4, 0.5) is 0 Å². The smallest absolute Gasteiger partial charge is 0.351 e. The van der Waals surface area contributed by atoms with Crippen molar-refractivity contribution in [2.45, 2.75) is 78.6 Å². The summed E-state index contributed by atoms with van der Waals surface area (Å²) in [5, 5.41) is 19.7. The third kappa shape index (κ3) is 6.65. The number of nitrogens with zero attached hydrogens (tertiary/aromatic N) is 1. The Morgan fingerprint density at radius 3 is 2.00 bits per heavy atom. The molecule has 6 heteroatoms. The number of hydrogen-bond acceptors (Lipinski definition) is 6. The van der Waals surface area contributed by atoms with Crippen LogP contribution in [0.2, 0.25) is 0 Å². The normalized spacial score (nSPS) is 11.7. The van der Waals surface area contributed by atoms with Gasteiger partial charge in [0.2, 0.25) is 0 Å². The van der Waals surface area contributed by atoms with Gasteiger partial charge in [-0.05, 0) is 20.3 Å². The molecular formula is C20H31NO5. The number of rotatable bonds is 12. The molecule has 1 heterocycles. The van der Waals surface area contributed by atoms with Crippen molar-refractivity contribution in [2.24, 2.45) is 4.99 Å². The number of carbonyl (C=O) groups excluding carboxylic acids is 1. The van der Waals surface area contributed by atoms with Gasteiger partial charge in [0.1, 0.15) is 16.9 Å². The highest BCUT2D eigenvalue weighted by atomic mass is 16.5. The molecule has 1 aromatic rings. The molecule has 146 valence electrons. The molecule has 0 aliphatic rings. The van der Waals surface area contributed by atoms with E-state index in [1.807, 2.05) is 0 Å². The first-order chi connectivity index (χ1) is 12.4. The average Bonchev–Trinajstić information content (AvgIpc) is 2.55. The van der Waals surface area contributed by atoms with Crippen LogP contribution in [-0.4, -0.2) is 28.3 Å². The van der Waals surface area contributed by atoms with Gasteiger partial charge in [-0.2, -0.15) is 0 Å². The van der Waals surface area contributed by atoms with Gasteiger partial charge in [-0.15, -0.1) is 0 Å². The summed E-state index contributed by atoms with van der Waals surface area (Å²) in [6, 6.07) is 0. The van der Waals surface area contributed by atoms with Crippen LogP contribution in [0.5, 0.6) is 11.7 Å². The Labute approximate surface area is 155 Å². The molecule has 0 unspecified atom stereocenters. The van der Waals surface area contributed by atoms with E-state index in [-0.39, 0.29) is 5.56 Å². The molecule has 0 aliphatic heterocycles. The molecule has 0 radical (unpaired) electrons. The summed E-state index contributed by atoms with van der Waals surface area (Å²) in [5.74, 6) is -2.02. The highest BCUT2D eigenvalue weighted by molar-refractivity contribution is 6.06. The molecule has 0 spiro atoms. The summed E-state index contributed by atoms with van der Waals surface area (Å²) in [6.45, 7) is 5.51. The van der Waals surface area contributed by atoms with Gasteiger partial charge in [0.25, 0.3) is 5.95 Å². The molecule has 0 aliphatic carbocycles. The molecule has 0 fully saturated rings. The van der Waals surface area contributed by atoms with E-state index in [4.69, 9.17) is 0 Å². The maximum absolute atomic E-state index is 11.9. The van der Waals surface area contributed by atoms with Crippen molar-refractivity contribution < 1.29 is 19.4 Å². The molecule has 26 heavy (non-hydrogen) atoms. The number of Topliss-reactive ketones (excluding diaryl/α,β-unsaturated/α-hetero) is 1. The first-order valence-electron chi connectivity index (χ1n) is 9.51. The molecule has 0 atom stereocenters. The van der Waals surface area contributed by atoms with Gasteiger partial charge in [-0.25, -0.2) is 4.79 Å². The van der Waals surface area contributed by atoms with Gasteiger partial charge in [-0.1, -0.05) is 58.3 Å². The molecule has 1 rings (SSSR count). The predicted octanol–water partition coefficient (Wildman–Crippen LogP) is 4.59. The largest absolute Gasteiger partial charge is 0.506 e. The van der Waals surface area contributed by atoms with Gasteiger partial charge in [0.05, 0.1) is 5.71 Å². The van der Waals surface area contributed by atoms with Crippen LogP contribution in [0.1, 0.15) is 94.5 Å². The van der Waals surface area contributed by atoms with E-state index in [1.165, 1.54) is 51.9 Å². The Hall–Kier alpha value is -2.11. The van der Waals surface area contributed by atoms with Crippen molar-refractivity contribution in [3.8, 4) is 11.7 Å². The van der Waals surface area contributed by atoms with Crippen molar-refractivity contribution in [3.63, 3.8) is 0 Å². The molecule has 0 saturated heterocycles. The van der Waals surface area contributed by atoms with Crippen LogP contribution >= 0.6 is 0 Å². The van der Waals surface area contributed by atoms with E-state index in [0.29, 0.717) is 12.3 Å². The predicted molar refractivity (Wildman–Crippen MR) is 103 cm³/mol. The number of ketones is 1. The molecule has 0 amide bonds. The SMILES string of the molecule is CCCCCCCCCCCN=C(C)c1c(O)c(C(C)=O)c(O)oc1=O. The first-order valence-corrected chi connectivity index (χ1v) is 9.51. The highest BCUT2D eigenvalue weighted by Crippen LogP contribution is 2.28. The molecular weight excluding hydrogens is 334 g/mol. The number of carbonyl (C=O) groups is 1. The van der Waals surface area contributed by atoms with E-state index in [2.05, 4.69) is 16.3 Å². The number of hydrogen-bond donors (Lipinski definition) is 2. The van der Waals surface area contributed by atoms with Crippen LogP contribution in [0.15, 0.2) is 14.2 Å². The quantitative estimate of drug-likeness (QED) is 0.320. The van der Waals surface area contributed by atoms with Crippen molar-refractivity contribution in [1.82, 2.24) is 0 Å². The van der Waals surface area contributed by atoms with Crippen molar-refractivity contribution in [3.05, 3.63) is 21.5 Å². The van der Waals surface area contributed by atoms with Crippen LogP contribution in [0.3, 0.4) is 0 Å². The fourth-order valence-electron chi connectivity index (χ4n) is 2.90. The van der Waals surface area contributed by atoms with Gasteiger partial charge in [0.15, 0.2) is 5.78 Å². The Kier molecular flexibility index (Phi) is 9.70. The fourth-order valence-corrected chi connectivity index (χ4v) is 2.90. The Morgan fingerprint density at radius 1 is 0.923 bits per heavy atom. The van der Waals surface area contributed by atoms with Crippen molar-refractivity contribution in [2.75, 3.05) is 6.54 Å². The van der Waals surface area contributed by atoms with Gasteiger partial charge in [0, 0.05) is 6.54 Å². The monoisotopic (exact) mass is 365 g/mol. The zero-order chi connectivity index (χ0) is 19.5. The molecule has 0 bridgehead atoms. The van der Waals surface area contributed by atoms with Gasteiger partial charge < -0.3 is 14.6 Å². The summed E-state index contributed by atoms with van der Waals surface area (Å²) in [7, 11) is 0. The second kappa shape index (κ2) is 11.5. The lowest BCUT2D eigenvalue weighted by Gasteiger charge is -2.07. The molecule has 0 aromatic carbocycles. The molecule has 0 saturated carbocycles. The maximum atomic E-state index is 11.9. The molecule has 2 N–H and O–H groups in total. The van der Waals surface area contributed by atoms with E-state index in [1.54, 1.807) is 6.92 Å². The third-order valence-corrected chi connectivity index (χ3v) is 4.41. The van der Waals surface area contributed by atoms with Gasteiger partial charge >= 0.3 is 5.63 Å². The van der Waals surface area contributed by atoms with Crippen LogP contribution < -0.4 is 5.63 Å². The summed E-state index contributed by atoms with van der Waals surface area (Å²) in [5.41, 5.74) is -1.15. The summed E-state index contributed by atoms with van der Waals surface area (Å²) in [4.78, 5) is 27.7. The van der Waals surface area contributed by atoms with Crippen LogP contribution in [-0.2, 0) is 0 Å². The topological polar surface area (TPSA) is 100 Å². The Bertz CT molecular complexity index is 676. The minimum absolute atomic E-state index is 0.163. The zero-order valence-electron chi connectivity index (χ0n) is 16.1. The third-order valence-electron chi connectivity index (χ3n) is 4.41. The second-order valence-electron chi connectivity index (χ2n) is 6.65. The highest BCUT2D eigenvalue weighted by Gasteiger charge is 2.23. The maximum Gasteiger partial charge on any atom is 0.351 e. The average molecular weight is 365 g/mol. The van der Waals surface area contributed by atoms with Crippen LogP contribution in [0, 0.1) is 0 Å². The minimum atomic E-state index is -0.904. The number of aliphatic imine (C=N–C) groups is 1. The lowest BCUT2D eigenvalue weighted by Crippen LogP contribution is -2.15. The van der Waals surface area contributed by atoms with E-state index < -0.39 is 28.7 Å². The van der Waals surface area contributed by atoms with Crippen molar-refractivity contribution >= 4 is 11.5 Å². The fraction of sp³-hybridized carbons (Fsp3) is 0.650. The lowest BCUT2D eigenvalue weighted by molar-refractivity contribution is 0.100. The van der Waals surface area contributed by atoms with Gasteiger partial charge in [-0.3, -0.25) is 9.79 Å². The van der Waals surface area contributed by atoms with E-state index >= 15 is 0 Å². The zero-order valence-corrected chi connectivity index (χ0v) is 16.1. The minimum Gasteiger partial charge on any atom is -0.506 e. The van der Waals surface area contributed by atoms with E-state index in [0.717, 1.165) is 12.8 Å². The van der Waals surface area contributed by atoms with E-state index in [9.17, 15) is 19.8 Å². The standard InChI is InChI=1S/C20H31NO5/c1-4-5-6-7-8-9-10-11-12-13-21-14(2)16-18(23)17(15(3)22)20(25)26-19(16)24/h23,25H,4-13H2,1-3H3. The Morgan fingerprint density at radius 2 is 1.46 bits per heavy atom. The number of unbranched alkanes of at least 4 members (excludes halogenated alkanes) is 8. The lowest BCUT2D eigenvalue weighted by atomic mass is 10.1. The summed E-state index contributed by atoms with van der Waals surface area (Å²) >= 11 is 0.